The lowest BCUT2D eigenvalue weighted by Gasteiger charge is -2.21. The molecule has 0 saturated heterocycles. The Bertz CT molecular complexity index is 534. The smallest absolute Gasteiger partial charge is 0.321 e. The minimum atomic E-state index is -0.498. The van der Waals surface area contributed by atoms with E-state index in [1.165, 1.54) is 11.8 Å². The third-order valence-corrected chi connectivity index (χ3v) is 3.78. The first-order valence-electron chi connectivity index (χ1n) is 6.84. The summed E-state index contributed by atoms with van der Waals surface area (Å²) in [7, 11) is 0. The second kappa shape index (κ2) is 6.00. The van der Waals surface area contributed by atoms with Crippen molar-refractivity contribution in [3.8, 4) is 0 Å². The molecule has 1 aliphatic carbocycles. The van der Waals surface area contributed by atoms with Crippen molar-refractivity contribution in [2.24, 2.45) is 0 Å². The second-order valence-corrected chi connectivity index (χ2v) is 7.40. The Balaban J connectivity index is 1.87. The van der Waals surface area contributed by atoms with Gasteiger partial charge in [-0.1, -0.05) is 11.8 Å². The number of hydrogen-bond acceptors (Lipinski definition) is 6. The largest absolute Gasteiger partial charge is 0.333 e. The lowest BCUT2D eigenvalue weighted by molar-refractivity contribution is -0.119. The summed E-state index contributed by atoms with van der Waals surface area (Å²) in [4.78, 5) is 23.7. The summed E-state index contributed by atoms with van der Waals surface area (Å²) in [5, 5.41) is 16.6. The molecule has 3 amide bonds. The highest BCUT2D eigenvalue weighted by atomic mass is 32.2. The maximum absolute atomic E-state index is 12.0. The van der Waals surface area contributed by atoms with Crippen molar-refractivity contribution in [1.82, 2.24) is 30.8 Å². The molecule has 0 radical (unpaired) electrons. The van der Waals surface area contributed by atoms with Crippen LogP contribution in [0, 0.1) is 0 Å². The Morgan fingerprint density at radius 3 is 2.62 bits per heavy atom. The minimum Gasteiger partial charge on any atom is -0.333 e. The molecule has 1 heterocycles. The first-order chi connectivity index (χ1) is 9.76. The van der Waals surface area contributed by atoms with Gasteiger partial charge in [0.2, 0.25) is 11.1 Å². The summed E-state index contributed by atoms with van der Waals surface area (Å²) >= 11 is 1.25. The summed E-state index contributed by atoms with van der Waals surface area (Å²) in [5.41, 5.74) is -0.392. The molecule has 1 fully saturated rings. The molecule has 0 unspecified atom stereocenters. The Labute approximate surface area is 127 Å². The molecule has 0 spiro atoms. The molecular weight excluding hydrogens is 292 g/mol. The van der Waals surface area contributed by atoms with Crippen molar-refractivity contribution in [3.05, 3.63) is 0 Å². The Kier molecular flexibility index (Phi) is 4.50. The normalized spacial score (nSPS) is 16.4. The van der Waals surface area contributed by atoms with Gasteiger partial charge in [-0.15, -0.1) is 5.10 Å². The van der Waals surface area contributed by atoms with Gasteiger partial charge in [-0.05, 0) is 51.0 Å². The zero-order chi connectivity index (χ0) is 15.6. The fourth-order valence-corrected chi connectivity index (χ4v) is 2.47. The van der Waals surface area contributed by atoms with E-state index >= 15 is 0 Å². The molecule has 2 rings (SSSR count). The maximum atomic E-state index is 12.0. The highest BCUT2D eigenvalue weighted by molar-refractivity contribution is 8.00. The third-order valence-electron chi connectivity index (χ3n) is 2.73. The molecular formula is C12H20N6O2S. The molecule has 8 nitrogen and oxygen atoms in total. The van der Waals surface area contributed by atoms with Crippen LogP contribution in [-0.4, -0.2) is 42.9 Å². The standard InChI is InChI=1S/C12H20N6O2S/c1-7(9(19)13-10(20)14-12(2,3)4)21-11-15-16-17-18(11)8-5-6-8/h7-8H,5-6H2,1-4H3,(H2,13,14,19,20)/t7-/m0/s1. The van der Waals surface area contributed by atoms with Gasteiger partial charge in [0, 0.05) is 5.54 Å². The SMILES string of the molecule is C[C@H](Sc1nnnn1C1CC1)C(=O)NC(=O)NC(C)(C)C. The van der Waals surface area contributed by atoms with E-state index in [1.807, 2.05) is 20.8 Å². The summed E-state index contributed by atoms with van der Waals surface area (Å²) in [6, 6.07) is -0.149. The van der Waals surface area contributed by atoms with Crippen LogP contribution < -0.4 is 10.6 Å². The van der Waals surface area contributed by atoms with Gasteiger partial charge < -0.3 is 5.32 Å². The Morgan fingerprint density at radius 2 is 2.05 bits per heavy atom. The van der Waals surface area contributed by atoms with E-state index in [2.05, 4.69) is 26.2 Å². The van der Waals surface area contributed by atoms with Gasteiger partial charge in [0.25, 0.3) is 0 Å². The van der Waals surface area contributed by atoms with Crippen LogP contribution in [0.1, 0.15) is 46.6 Å². The summed E-state index contributed by atoms with van der Waals surface area (Å²) in [6.07, 6.45) is 2.13. The van der Waals surface area contributed by atoms with Crippen LogP contribution in [0.5, 0.6) is 0 Å². The van der Waals surface area contributed by atoms with Crippen molar-refractivity contribution >= 4 is 23.7 Å². The molecule has 1 aromatic heterocycles. The van der Waals surface area contributed by atoms with Crippen molar-refractivity contribution in [3.63, 3.8) is 0 Å². The number of carbonyl (C=O) groups excluding carboxylic acids is 2. The van der Waals surface area contributed by atoms with E-state index in [0.29, 0.717) is 11.2 Å². The first-order valence-corrected chi connectivity index (χ1v) is 7.72. The topological polar surface area (TPSA) is 102 Å². The fraction of sp³-hybridized carbons (Fsp3) is 0.750. The van der Waals surface area contributed by atoms with E-state index in [4.69, 9.17) is 0 Å². The summed E-state index contributed by atoms with van der Waals surface area (Å²) in [6.45, 7) is 7.26. The van der Waals surface area contributed by atoms with Crippen LogP contribution in [0.4, 0.5) is 4.79 Å². The minimum absolute atomic E-state index is 0.349. The zero-order valence-corrected chi connectivity index (χ0v) is 13.4. The summed E-state index contributed by atoms with van der Waals surface area (Å²) in [5.74, 6) is -0.368. The van der Waals surface area contributed by atoms with Crippen LogP contribution >= 0.6 is 11.8 Å². The van der Waals surface area contributed by atoms with Crippen LogP contribution in [0.2, 0.25) is 0 Å². The van der Waals surface area contributed by atoms with Crippen molar-refractivity contribution < 1.29 is 9.59 Å². The second-order valence-electron chi connectivity index (χ2n) is 6.09. The lowest BCUT2D eigenvalue weighted by Crippen LogP contribution is -2.49. The number of hydrogen-bond donors (Lipinski definition) is 2. The van der Waals surface area contributed by atoms with Crippen LogP contribution in [0.15, 0.2) is 5.16 Å². The van der Waals surface area contributed by atoms with E-state index in [9.17, 15) is 9.59 Å². The van der Waals surface area contributed by atoms with Crippen LogP contribution in [0.3, 0.4) is 0 Å². The van der Waals surface area contributed by atoms with Gasteiger partial charge in [0.1, 0.15) is 0 Å². The van der Waals surface area contributed by atoms with Gasteiger partial charge in [-0.25, -0.2) is 9.48 Å². The number of thioether (sulfide) groups is 1. The number of rotatable bonds is 4. The molecule has 2 N–H and O–H groups in total. The number of nitrogens with zero attached hydrogens (tertiary/aromatic N) is 4. The molecule has 1 saturated carbocycles. The molecule has 0 aliphatic heterocycles. The predicted octanol–water partition coefficient (Wildman–Crippen LogP) is 1.11. The Hall–Kier alpha value is -1.64. The number of tetrazole rings is 1. The lowest BCUT2D eigenvalue weighted by atomic mass is 10.1. The predicted molar refractivity (Wildman–Crippen MR) is 77.8 cm³/mol. The van der Waals surface area contributed by atoms with E-state index in [0.717, 1.165) is 12.8 Å². The molecule has 0 bridgehead atoms. The van der Waals surface area contributed by atoms with Gasteiger partial charge in [0.05, 0.1) is 11.3 Å². The zero-order valence-electron chi connectivity index (χ0n) is 12.6. The van der Waals surface area contributed by atoms with Gasteiger partial charge in [-0.2, -0.15) is 0 Å². The van der Waals surface area contributed by atoms with Crippen LogP contribution in [-0.2, 0) is 4.79 Å². The van der Waals surface area contributed by atoms with Crippen molar-refractivity contribution in [2.75, 3.05) is 0 Å². The van der Waals surface area contributed by atoms with Gasteiger partial charge in [-0.3, -0.25) is 10.1 Å². The third kappa shape index (κ3) is 4.69. The summed E-state index contributed by atoms with van der Waals surface area (Å²) < 4.78 is 1.74. The molecule has 21 heavy (non-hydrogen) atoms. The molecule has 1 aromatic rings. The molecule has 116 valence electrons. The maximum Gasteiger partial charge on any atom is 0.321 e. The van der Waals surface area contributed by atoms with E-state index in [-0.39, 0.29) is 5.91 Å². The Morgan fingerprint density at radius 1 is 1.38 bits per heavy atom. The number of urea groups is 1. The van der Waals surface area contributed by atoms with Crippen molar-refractivity contribution in [2.45, 2.75) is 62.5 Å². The highest BCUT2D eigenvalue weighted by Crippen LogP contribution is 2.37. The average molecular weight is 312 g/mol. The number of carbonyl (C=O) groups is 2. The number of imide groups is 1. The molecule has 1 aliphatic rings. The number of nitrogens with one attached hydrogen (secondary N) is 2. The fourth-order valence-electron chi connectivity index (χ4n) is 1.61. The number of aromatic nitrogens is 4. The van der Waals surface area contributed by atoms with E-state index < -0.39 is 16.8 Å². The van der Waals surface area contributed by atoms with Crippen LogP contribution in [0.25, 0.3) is 0 Å². The molecule has 1 atom stereocenters. The highest BCUT2D eigenvalue weighted by Gasteiger charge is 2.29. The molecule has 9 heteroatoms. The van der Waals surface area contributed by atoms with Gasteiger partial charge in [0.15, 0.2) is 0 Å². The number of amides is 3. The van der Waals surface area contributed by atoms with Crippen molar-refractivity contribution in [1.29, 1.82) is 0 Å². The average Bonchev–Trinajstić information content (AvgIpc) is 3.07. The monoisotopic (exact) mass is 312 g/mol. The first kappa shape index (κ1) is 15.7. The quantitative estimate of drug-likeness (QED) is 0.808. The van der Waals surface area contributed by atoms with Gasteiger partial charge >= 0.3 is 6.03 Å². The molecule has 0 aromatic carbocycles. The van der Waals surface area contributed by atoms with E-state index in [1.54, 1.807) is 11.6 Å².